The quantitative estimate of drug-likeness (QED) is 0.776. The third-order valence-electron chi connectivity index (χ3n) is 3.56. The van der Waals surface area contributed by atoms with Crippen molar-refractivity contribution in [2.75, 3.05) is 25.0 Å². The second kappa shape index (κ2) is 6.54. The second-order valence-corrected chi connectivity index (χ2v) is 5.00. The first-order valence-electron chi connectivity index (χ1n) is 6.78. The SMILES string of the molecule is CC1CCCCN1CCCNc1cn[nH]c(=O)c1. The number of nitrogens with one attached hydrogen (secondary N) is 2. The van der Waals surface area contributed by atoms with Crippen molar-refractivity contribution in [1.29, 1.82) is 0 Å². The fourth-order valence-electron chi connectivity index (χ4n) is 2.48. The fourth-order valence-corrected chi connectivity index (χ4v) is 2.48. The van der Waals surface area contributed by atoms with Crippen LogP contribution in [0.15, 0.2) is 17.1 Å². The zero-order chi connectivity index (χ0) is 12.8. The van der Waals surface area contributed by atoms with Crippen molar-refractivity contribution < 1.29 is 0 Å². The van der Waals surface area contributed by atoms with Crippen LogP contribution in [-0.4, -0.2) is 40.8 Å². The van der Waals surface area contributed by atoms with Gasteiger partial charge in [0.15, 0.2) is 0 Å². The fraction of sp³-hybridized carbons (Fsp3) is 0.692. The molecule has 0 bridgehead atoms. The van der Waals surface area contributed by atoms with E-state index < -0.39 is 0 Å². The summed E-state index contributed by atoms with van der Waals surface area (Å²) in [4.78, 5) is 13.6. The van der Waals surface area contributed by atoms with Gasteiger partial charge in [0.2, 0.25) is 0 Å². The van der Waals surface area contributed by atoms with E-state index >= 15 is 0 Å². The van der Waals surface area contributed by atoms with Gasteiger partial charge in [-0.25, -0.2) is 5.10 Å². The highest BCUT2D eigenvalue weighted by Gasteiger charge is 2.16. The molecule has 0 aromatic carbocycles. The molecule has 1 aliphatic rings. The van der Waals surface area contributed by atoms with Crippen molar-refractivity contribution in [2.24, 2.45) is 0 Å². The van der Waals surface area contributed by atoms with Gasteiger partial charge in [0.05, 0.1) is 11.9 Å². The van der Waals surface area contributed by atoms with E-state index in [-0.39, 0.29) is 5.56 Å². The Labute approximate surface area is 108 Å². The number of likely N-dealkylation sites (tertiary alicyclic amines) is 1. The molecule has 1 aliphatic heterocycles. The summed E-state index contributed by atoms with van der Waals surface area (Å²) in [6, 6.07) is 2.26. The van der Waals surface area contributed by atoms with Crippen LogP contribution in [0.2, 0.25) is 0 Å². The number of anilines is 1. The summed E-state index contributed by atoms with van der Waals surface area (Å²) in [6.45, 7) is 5.56. The Morgan fingerprint density at radius 1 is 1.56 bits per heavy atom. The van der Waals surface area contributed by atoms with Gasteiger partial charge in [0.1, 0.15) is 0 Å². The molecule has 1 aromatic rings. The van der Waals surface area contributed by atoms with E-state index in [9.17, 15) is 4.79 Å². The Bertz CT molecular complexity index is 417. The molecule has 18 heavy (non-hydrogen) atoms. The van der Waals surface area contributed by atoms with E-state index in [4.69, 9.17) is 0 Å². The molecular weight excluding hydrogens is 228 g/mol. The van der Waals surface area contributed by atoms with Crippen LogP contribution in [-0.2, 0) is 0 Å². The number of aromatic amines is 1. The average molecular weight is 250 g/mol. The lowest BCUT2D eigenvalue weighted by Crippen LogP contribution is -2.38. The normalized spacial score (nSPS) is 20.8. The number of nitrogens with zero attached hydrogens (tertiary/aromatic N) is 2. The lowest BCUT2D eigenvalue weighted by Gasteiger charge is -2.33. The third kappa shape index (κ3) is 3.84. The van der Waals surface area contributed by atoms with Crippen molar-refractivity contribution in [2.45, 2.75) is 38.6 Å². The number of hydrogen-bond donors (Lipinski definition) is 2. The Hall–Kier alpha value is -1.36. The molecule has 1 fully saturated rings. The predicted octanol–water partition coefficient (Wildman–Crippen LogP) is 1.45. The standard InChI is InChI=1S/C13H22N4O/c1-11-5-2-3-7-17(11)8-4-6-14-12-9-13(18)16-15-10-12/h9-11H,2-8H2,1H3,(H2,14,16,18). The van der Waals surface area contributed by atoms with Crippen LogP contribution in [0.3, 0.4) is 0 Å². The first-order valence-corrected chi connectivity index (χ1v) is 6.78. The topological polar surface area (TPSA) is 61.0 Å². The Balaban J connectivity index is 1.68. The number of piperidine rings is 1. The van der Waals surface area contributed by atoms with Gasteiger partial charge < -0.3 is 10.2 Å². The van der Waals surface area contributed by atoms with E-state index in [0.717, 1.165) is 31.2 Å². The Kier molecular flexibility index (Phi) is 4.75. The minimum absolute atomic E-state index is 0.162. The molecular formula is C13H22N4O. The van der Waals surface area contributed by atoms with Gasteiger partial charge in [-0.05, 0) is 32.7 Å². The number of H-pyrrole nitrogens is 1. The molecule has 0 aliphatic carbocycles. The lowest BCUT2D eigenvalue weighted by molar-refractivity contribution is 0.160. The molecule has 5 heteroatoms. The highest BCUT2D eigenvalue weighted by atomic mass is 16.1. The van der Waals surface area contributed by atoms with Crippen molar-refractivity contribution in [3.8, 4) is 0 Å². The van der Waals surface area contributed by atoms with Crippen LogP contribution in [0, 0.1) is 0 Å². The molecule has 0 radical (unpaired) electrons. The lowest BCUT2D eigenvalue weighted by atomic mass is 10.0. The van der Waals surface area contributed by atoms with Crippen molar-refractivity contribution in [3.05, 3.63) is 22.6 Å². The summed E-state index contributed by atoms with van der Waals surface area (Å²) in [5.74, 6) is 0. The first kappa shape index (κ1) is 13.1. The molecule has 2 heterocycles. The highest BCUT2D eigenvalue weighted by molar-refractivity contribution is 5.38. The van der Waals surface area contributed by atoms with Gasteiger partial charge in [-0.1, -0.05) is 6.42 Å². The van der Waals surface area contributed by atoms with Crippen LogP contribution in [0.5, 0.6) is 0 Å². The van der Waals surface area contributed by atoms with E-state index in [1.807, 2.05) is 0 Å². The minimum atomic E-state index is -0.162. The maximum absolute atomic E-state index is 11.0. The maximum Gasteiger partial charge on any atom is 0.266 e. The molecule has 1 unspecified atom stereocenters. The zero-order valence-electron chi connectivity index (χ0n) is 11.0. The second-order valence-electron chi connectivity index (χ2n) is 5.00. The van der Waals surface area contributed by atoms with Crippen LogP contribution in [0.4, 0.5) is 5.69 Å². The largest absolute Gasteiger partial charge is 0.384 e. The summed E-state index contributed by atoms with van der Waals surface area (Å²) in [7, 11) is 0. The van der Waals surface area contributed by atoms with Crippen molar-refractivity contribution in [3.63, 3.8) is 0 Å². The van der Waals surface area contributed by atoms with E-state index in [1.165, 1.54) is 31.9 Å². The smallest absolute Gasteiger partial charge is 0.266 e. The third-order valence-corrected chi connectivity index (χ3v) is 3.56. The zero-order valence-corrected chi connectivity index (χ0v) is 11.0. The predicted molar refractivity (Wildman–Crippen MR) is 72.9 cm³/mol. The van der Waals surface area contributed by atoms with Crippen molar-refractivity contribution >= 4 is 5.69 Å². The molecule has 0 spiro atoms. The highest BCUT2D eigenvalue weighted by Crippen LogP contribution is 2.16. The molecule has 0 saturated carbocycles. The van der Waals surface area contributed by atoms with Crippen LogP contribution < -0.4 is 10.9 Å². The van der Waals surface area contributed by atoms with Gasteiger partial charge >= 0.3 is 0 Å². The van der Waals surface area contributed by atoms with Crippen LogP contribution in [0.25, 0.3) is 0 Å². The average Bonchev–Trinajstić information content (AvgIpc) is 2.37. The van der Waals surface area contributed by atoms with Gasteiger partial charge in [0, 0.05) is 25.2 Å². The summed E-state index contributed by atoms with van der Waals surface area (Å²) in [6.07, 6.45) is 6.76. The monoisotopic (exact) mass is 250 g/mol. The molecule has 0 amide bonds. The van der Waals surface area contributed by atoms with Gasteiger partial charge in [0.25, 0.3) is 5.56 Å². The van der Waals surface area contributed by atoms with E-state index in [2.05, 4.69) is 27.3 Å². The molecule has 2 rings (SSSR count). The number of aromatic nitrogens is 2. The summed E-state index contributed by atoms with van der Waals surface area (Å²) in [5.41, 5.74) is 0.634. The Morgan fingerprint density at radius 3 is 3.22 bits per heavy atom. The molecule has 1 atom stereocenters. The number of hydrogen-bond acceptors (Lipinski definition) is 4. The van der Waals surface area contributed by atoms with Gasteiger partial charge in [-0.2, -0.15) is 5.10 Å². The van der Waals surface area contributed by atoms with Crippen LogP contribution >= 0.6 is 0 Å². The first-order chi connectivity index (χ1) is 8.75. The van der Waals surface area contributed by atoms with E-state index in [0.29, 0.717) is 0 Å². The molecule has 5 nitrogen and oxygen atoms in total. The van der Waals surface area contributed by atoms with Crippen molar-refractivity contribution in [1.82, 2.24) is 15.1 Å². The summed E-state index contributed by atoms with van der Waals surface area (Å²) < 4.78 is 0. The number of rotatable bonds is 5. The van der Waals surface area contributed by atoms with Gasteiger partial charge in [-0.3, -0.25) is 4.79 Å². The van der Waals surface area contributed by atoms with Crippen LogP contribution in [0.1, 0.15) is 32.6 Å². The minimum Gasteiger partial charge on any atom is -0.384 e. The summed E-state index contributed by atoms with van der Waals surface area (Å²) in [5, 5.41) is 9.35. The van der Waals surface area contributed by atoms with E-state index in [1.54, 1.807) is 6.20 Å². The Morgan fingerprint density at radius 2 is 2.44 bits per heavy atom. The molecule has 100 valence electrons. The molecule has 2 N–H and O–H groups in total. The molecule has 1 aromatic heterocycles. The maximum atomic E-state index is 11.0. The molecule has 1 saturated heterocycles. The summed E-state index contributed by atoms with van der Waals surface area (Å²) >= 11 is 0. The van der Waals surface area contributed by atoms with Gasteiger partial charge in [-0.15, -0.1) is 0 Å².